The van der Waals surface area contributed by atoms with Gasteiger partial charge in [-0.05, 0) is 46.5 Å². The van der Waals surface area contributed by atoms with Crippen LogP contribution in [0.5, 0.6) is 5.75 Å². The van der Waals surface area contributed by atoms with E-state index in [-0.39, 0.29) is 23.8 Å². The number of phenols is 1. The van der Waals surface area contributed by atoms with Gasteiger partial charge >= 0.3 is 12.1 Å². The van der Waals surface area contributed by atoms with E-state index in [0.717, 1.165) is 11.1 Å². The zero-order chi connectivity index (χ0) is 28.2. The molecule has 0 atom stereocenters. The number of aromatic hydroxyl groups is 1. The molecule has 4 aromatic carbocycles. The first-order chi connectivity index (χ1) is 19.4. The van der Waals surface area contributed by atoms with Crippen molar-refractivity contribution in [3.8, 4) is 28.7 Å². The second-order valence-corrected chi connectivity index (χ2v) is 9.55. The van der Waals surface area contributed by atoms with Crippen molar-refractivity contribution < 1.29 is 24.2 Å². The maximum Gasteiger partial charge on any atom is 0.411 e. The Morgan fingerprint density at radius 2 is 1.57 bits per heavy atom. The van der Waals surface area contributed by atoms with Crippen molar-refractivity contribution in [2.75, 3.05) is 38.0 Å². The summed E-state index contributed by atoms with van der Waals surface area (Å²) in [5, 5.41) is 13.0. The van der Waals surface area contributed by atoms with Crippen molar-refractivity contribution in [1.82, 2.24) is 0 Å². The average molecular weight is 533 g/mol. The lowest BCUT2D eigenvalue weighted by Crippen LogP contribution is -2.17. The first-order valence-corrected chi connectivity index (χ1v) is 12.7. The zero-order valence-electron chi connectivity index (χ0n) is 22.4. The van der Waals surface area contributed by atoms with E-state index in [1.54, 1.807) is 23.1 Å². The quantitative estimate of drug-likeness (QED) is 0.242. The van der Waals surface area contributed by atoms with Crippen LogP contribution in [-0.2, 0) is 9.47 Å². The third-order valence-electron chi connectivity index (χ3n) is 6.80. The molecule has 0 bridgehead atoms. The van der Waals surface area contributed by atoms with Crippen LogP contribution < -0.4 is 10.2 Å². The molecule has 0 aromatic heterocycles. The first-order valence-electron chi connectivity index (χ1n) is 12.7. The smallest absolute Gasteiger partial charge is 0.411 e. The number of fused-ring (bicyclic) bond motifs is 3. The monoisotopic (exact) mass is 532 g/mol. The topological polar surface area (TPSA) is 88.1 Å². The highest BCUT2D eigenvalue weighted by Crippen LogP contribution is 2.44. The summed E-state index contributed by atoms with van der Waals surface area (Å²) in [7, 11) is 4.88. The maximum absolute atomic E-state index is 12.7. The van der Waals surface area contributed by atoms with Gasteiger partial charge in [0, 0.05) is 42.9 Å². The molecular formula is C33H28N2O5. The average Bonchev–Trinajstić information content (AvgIpc) is 3.28. The van der Waals surface area contributed by atoms with E-state index >= 15 is 0 Å². The van der Waals surface area contributed by atoms with E-state index in [1.165, 1.54) is 30.4 Å². The SMILES string of the molecule is COC(=O)c1cc(C#Cc2cccc(NC(=O)OCC3c4ccccc4-c4ccccc43)c2)c(N(C)C)cc1O. The number of carbonyl (C=O) groups excluding carboxylic acids is 2. The van der Waals surface area contributed by atoms with Gasteiger partial charge in [0.05, 0.1) is 12.8 Å². The minimum absolute atomic E-state index is 0.0265. The number of ether oxygens (including phenoxy) is 2. The van der Waals surface area contributed by atoms with Gasteiger partial charge in [-0.3, -0.25) is 5.32 Å². The Bertz CT molecular complexity index is 1620. The Labute approximate surface area is 233 Å². The summed E-state index contributed by atoms with van der Waals surface area (Å²) in [4.78, 5) is 26.6. The lowest BCUT2D eigenvalue weighted by Gasteiger charge is -2.16. The summed E-state index contributed by atoms with van der Waals surface area (Å²) in [6.07, 6.45) is -0.553. The van der Waals surface area contributed by atoms with Crippen molar-refractivity contribution >= 4 is 23.4 Å². The number of hydrogen-bond acceptors (Lipinski definition) is 6. The van der Waals surface area contributed by atoms with E-state index in [4.69, 9.17) is 9.47 Å². The molecule has 0 aliphatic heterocycles. The number of anilines is 2. The van der Waals surface area contributed by atoms with E-state index in [9.17, 15) is 14.7 Å². The third kappa shape index (κ3) is 5.33. The Hall–Kier alpha value is -5.22. The van der Waals surface area contributed by atoms with Crippen LogP contribution in [0.1, 0.15) is 38.5 Å². The van der Waals surface area contributed by atoms with E-state index in [1.807, 2.05) is 44.4 Å². The number of rotatable bonds is 5. The molecule has 0 unspecified atom stereocenters. The molecule has 40 heavy (non-hydrogen) atoms. The van der Waals surface area contributed by atoms with Gasteiger partial charge in [-0.1, -0.05) is 66.4 Å². The number of methoxy groups -OCH3 is 1. The number of amides is 1. The molecule has 200 valence electrons. The molecule has 7 nitrogen and oxygen atoms in total. The molecule has 0 saturated heterocycles. The molecule has 0 spiro atoms. The molecule has 7 heteroatoms. The molecule has 1 aliphatic rings. The van der Waals surface area contributed by atoms with Crippen LogP contribution in [0, 0.1) is 11.8 Å². The molecule has 5 rings (SSSR count). The van der Waals surface area contributed by atoms with Crippen LogP contribution in [0.2, 0.25) is 0 Å². The van der Waals surface area contributed by atoms with Gasteiger partial charge in [-0.15, -0.1) is 0 Å². The molecule has 1 amide bonds. The fourth-order valence-corrected chi connectivity index (χ4v) is 4.89. The molecule has 4 aromatic rings. The molecule has 0 fully saturated rings. The van der Waals surface area contributed by atoms with Gasteiger partial charge in [0.25, 0.3) is 0 Å². The van der Waals surface area contributed by atoms with Crippen LogP contribution in [0.25, 0.3) is 11.1 Å². The summed E-state index contributed by atoms with van der Waals surface area (Å²) in [6, 6.07) is 26.5. The molecule has 1 aliphatic carbocycles. The van der Waals surface area contributed by atoms with E-state index < -0.39 is 12.1 Å². The van der Waals surface area contributed by atoms with Gasteiger partial charge in [-0.2, -0.15) is 0 Å². The second-order valence-electron chi connectivity index (χ2n) is 9.55. The lowest BCUT2D eigenvalue weighted by atomic mass is 9.98. The number of nitrogens with one attached hydrogen (secondary N) is 1. The number of benzene rings is 4. The minimum atomic E-state index is -0.653. The Balaban J connectivity index is 1.30. The minimum Gasteiger partial charge on any atom is -0.507 e. The van der Waals surface area contributed by atoms with Gasteiger partial charge in [0.2, 0.25) is 0 Å². The first kappa shape index (κ1) is 26.4. The largest absolute Gasteiger partial charge is 0.507 e. The second kappa shape index (κ2) is 11.3. The van der Waals surface area contributed by atoms with Crippen molar-refractivity contribution in [1.29, 1.82) is 0 Å². The predicted molar refractivity (Wildman–Crippen MR) is 155 cm³/mol. The standard InChI is InChI=1S/C33H28N2O5/c1-35(2)30-19-31(36)28(32(37)39-3)18-22(30)16-15-21-9-8-10-23(17-21)34-33(38)40-20-29-26-13-6-4-11-24(26)25-12-5-7-14-27(25)29/h4-14,17-19,29,36H,20H2,1-3H3,(H,34,38). The molecular weight excluding hydrogens is 504 g/mol. The third-order valence-corrected chi connectivity index (χ3v) is 6.80. The summed E-state index contributed by atoms with van der Waals surface area (Å²) >= 11 is 0. The highest BCUT2D eigenvalue weighted by atomic mass is 16.5. The summed E-state index contributed by atoms with van der Waals surface area (Å²) in [5.74, 6) is 5.27. The lowest BCUT2D eigenvalue weighted by molar-refractivity contribution is 0.0597. The molecule has 2 N–H and O–H groups in total. The van der Waals surface area contributed by atoms with Crippen LogP contribution in [-0.4, -0.2) is 45.0 Å². The highest BCUT2D eigenvalue weighted by molar-refractivity contribution is 5.94. The zero-order valence-corrected chi connectivity index (χ0v) is 22.4. The van der Waals surface area contributed by atoms with Crippen molar-refractivity contribution in [3.63, 3.8) is 0 Å². The maximum atomic E-state index is 12.7. The van der Waals surface area contributed by atoms with Crippen LogP contribution >= 0.6 is 0 Å². The fraction of sp³-hybridized carbons (Fsp3) is 0.152. The van der Waals surface area contributed by atoms with Crippen molar-refractivity contribution in [3.05, 3.63) is 113 Å². The number of carbonyl (C=O) groups is 2. The number of hydrogen-bond donors (Lipinski definition) is 2. The fourth-order valence-electron chi connectivity index (χ4n) is 4.89. The van der Waals surface area contributed by atoms with Crippen LogP contribution in [0.4, 0.5) is 16.2 Å². The Morgan fingerprint density at radius 1 is 0.900 bits per heavy atom. The van der Waals surface area contributed by atoms with Gasteiger partial charge in [0.15, 0.2) is 0 Å². The molecule has 0 radical (unpaired) electrons. The Morgan fingerprint density at radius 3 is 2.23 bits per heavy atom. The van der Waals surface area contributed by atoms with E-state index in [0.29, 0.717) is 22.5 Å². The number of esters is 1. The highest BCUT2D eigenvalue weighted by Gasteiger charge is 2.29. The van der Waals surface area contributed by atoms with Crippen molar-refractivity contribution in [2.45, 2.75) is 5.92 Å². The Kier molecular flexibility index (Phi) is 7.43. The predicted octanol–water partition coefficient (Wildman–Crippen LogP) is 6.01. The van der Waals surface area contributed by atoms with Crippen LogP contribution in [0.3, 0.4) is 0 Å². The molecule has 0 heterocycles. The normalized spacial score (nSPS) is 11.5. The summed E-state index contributed by atoms with van der Waals surface area (Å²) in [6.45, 7) is 0.218. The summed E-state index contributed by atoms with van der Waals surface area (Å²) in [5.41, 5.74) is 7.04. The van der Waals surface area contributed by atoms with E-state index in [2.05, 4.69) is 41.4 Å². The van der Waals surface area contributed by atoms with Gasteiger partial charge in [0.1, 0.15) is 17.9 Å². The summed E-state index contributed by atoms with van der Waals surface area (Å²) < 4.78 is 10.4. The van der Waals surface area contributed by atoms with Crippen molar-refractivity contribution in [2.24, 2.45) is 0 Å². The van der Waals surface area contributed by atoms with Gasteiger partial charge < -0.3 is 19.5 Å². The van der Waals surface area contributed by atoms with Crippen LogP contribution in [0.15, 0.2) is 84.9 Å². The van der Waals surface area contributed by atoms with Gasteiger partial charge in [-0.25, -0.2) is 9.59 Å². The number of phenolic OH excluding ortho intramolecular Hbond substituents is 1. The number of nitrogens with zero attached hydrogens (tertiary/aromatic N) is 1. The molecule has 0 saturated carbocycles.